The monoisotopic (exact) mass is 341 g/mol. The molecule has 1 atom stereocenters. The number of para-hydroxylation sites is 2. The molecule has 5 nitrogen and oxygen atoms in total. The second kappa shape index (κ2) is 7.05. The van der Waals surface area contributed by atoms with Crippen LogP contribution in [-0.2, 0) is 4.79 Å². The Balaban J connectivity index is 1.70. The summed E-state index contributed by atoms with van der Waals surface area (Å²) in [6.07, 6.45) is 0.736. The Morgan fingerprint density at radius 3 is 2.36 bits per heavy atom. The van der Waals surface area contributed by atoms with E-state index in [2.05, 4.69) is 4.90 Å². The lowest BCUT2D eigenvalue weighted by atomic mass is 9.90. The summed E-state index contributed by atoms with van der Waals surface area (Å²) < 4.78 is 16.1. The van der Waals surface area contributed by atoms with Gasteiger partial charge in [0, 0.05) is 13.1 Å². The molecule has 0 bridgehead atoms. The van der Waals surface area contributed by atoms with Crippen LogP contribution in [0.2, 0.25) is 0 Å². The van der Waals surface area contributed by atoms with Gasteiger partial charge in [-0.05, 0) is 49.7 Å². The number of rotatable bonds is 5. The van der Waals surface area contributed by atoms with Crippen molar-refractivity contribution in [3.8, 4) is 17.2 Å². The van der Waals surface area contributed by atoms with Gasteiger partial charge in [0.15, 0.2) is 0 Å². The smallest absolute Gasteiger partial charge is 0.319 e. The summed E-state index contributed by atoms with van der Waals surface area (Å²) in [6, 6.07) is 14.9. The average molecular weight is 341 g/mol. The first-order valence-corrected chi connectivity index (χ1v) is 8.30. The van der Waals surface area contributed by atoms with Crippen molar-refractivity contribution in [2.24, 2.45) is 5.41 Å². The first kappa shape index (κ1) is 17.1. The number of benzene rings is 2. The summed E-state index contributed by atoms with van der Waals surface area (Å²) in [4.78, 5) is 14.9. The molecule has 25 heavy (non-hydrogen) atoms. The van der Waals surface area contributed by atoms with Crippen molar-refractivity contribution in [3.05, 3.63) is 48.5 Å². The molecule has 0 amide bonds. The molecule has 0 spiro atoms. The number of ether oxygens (including phenoxy) is 3. The van der Waals surface area contributed by atoms with Crippen LogP contribution in [0.15, 0.2) is 48.5 Å². The van der Waals surface area contributed by atoms with Gasteiger partial charge in [-0.2, -0.15) is 0 Å². The number of esters is 1. The van der Waals surface area contributed by atoms with Crippen LogP contribution in [0.5, 0.6) is 17.2 Å². The summed E-state index contributed by atoms with van der Waals surface area (Å²) in [7, 11) is 3.26. The predicted octanol–water partition coefficient (Wildman–Crippen LogP) is 3.53. The molecule has 0 aromatic heterocycles. The number of nitrogens with zero attached hydrogens (tertiary/aromatic N) is 1. The van der Waals surface area contributed by atoms with Crippen molar-refractivity contribution in [1.82, 2.24) is 0 Å². The van der Waals surface area contributed by atoms with E-state index in [1.165, 1.54) is 0 Å². The molecule has 1 fully saturated rings. The quantitative estimate of drug-likeness (QED) is 0.615. The van der Waals surface area contributed by atoms with E-state index >= 15 is 0 Å². The van der Waals surface area contributed by atoms with Crippen molar-refractivity contribution in [3.63, 3.8) is 0 Å². The summed E-state index contributed by atoms with van der Waals surface area (Å²) in [5.74, 6) is 1.86. The summed E-state index contributed by atoms with van der Waals surface area (Å²) >= 11 is 0. The third-order valence-corrected chi connectivity index (χ3v) is 4.66. The zero-order valence-corrected chi connectivity index (χ0v) is 14.8. The molecule has 2 aromatic carbocycles. The van der Waals surface area contributed by atoms with E-state index in [9.17, 15) is 4.79 Å². The summed E-state index contributed by atoms with van der Waals surface area (Å²) in [5, 5.41) is 0. The highest BCUT2D eigenvalue weighted by Gasteiger charge is 2.42. The zero-order chi connectivity index (χ0) is 17.9. The van der Waals surface area contributed by atoms with Gasteiger partial charge in [-0.25, -0.2) is 0 Å². The third kappa shape index (κ3) is 3.55. The predicted molar refractivity (Wildman–Crippen MR) is 96.6 cm³/mol. The maximum absolute atomic E-state index is 12.7. The molecule has 3 rings (SSSR count). The number of carbonyl (C=O) groups is 1. The largest absolute Gasteiger partial charge is 0.497 e. The average Bonchev–Trinajstić information content (AvgIpc) is 3.06. The Hall–Kier alpha value is -2.69. The fourth-order valence-electron chi connectivity index (χ4n) is 3.10. The van der Waals surface area contributed by atoms with Gasteiger partial charge in [0.05, 0.1) is 25.3 Å². The maximum Gasteiger partial charge on any atom is 0.319 e. The summed E-state index contributed by atoms with van der Waals surface area (Å²) in [6.45, 7) is 3.34. The van der Waals surface area contributed by atoms with Crippen LogP contribution in [0.25, 0.3) is 0 Å². The van der Waals surface area contributed by atoms with E-state index in [-0.39, 0.29) is 5.97 Å². The van der Waals surface area contributed by atoms with Crippen molar-refractivity contribution < 1.29 is 19.0 Å². The Labute approximate surface area is 148 Å². The van der Waals surface area contributed by atoms with Crippen LogP contribution in [0.3, 0.4) is 0 Å². The molecule has 2 aromatic rings. The molecule has 1 aliphatic rings. The molecule has 0 aliphatic carbocycles. The lowest BCUT2D eigenvalue weighted by molar-refractivity contribution is -0.143. The minimum absolute atomic E-state index is 0.213. The normalized spacial score (nSPS) is 19.6. The molecule has 0 radical (unpaired) electrons. The Morgan fingerprint density at radius 2 is 1.68 bits per heavy atom. The highest BCUT2D eigenvalue weighted by molar-refractivity contribution is 5.81. The van der Waals surface area contributed by atoms with Gasteiger partial charge in [-0.15, -0.1) is 0 Å². The minimum Gasteiger partial charge on any atom is -0.497 e. The van der Waals surface area contributed by atoms with E-state index in [1.807, 2.05) is 31.2 Å². The van der Waals surface area contributed by atoms with E-state index < -0.39 is 5.41 Å². The van der Waals surface area contributed by atoms with E-state index in [0.29, 0.717) is 12.3 Å². The van der Waals surface area contributed by atoms with E-state index in [0.717, 1.165) is 30.2 Å². The number of hydrogen-bond acceptors (Lipinski definition) is 5. The lowest BCUT2D eigenvalue weighted by Crippen LogP contribution is -2.35. The molecular formula is C20H23NO4. The van der Waals surface area contributed by atoms with Crippen LogP contribution in [-0.4, -0.2) is 33.3 Å². The van der Waals surface area contributed by atoms with Crippen LogP contribution in [0.1, 0.15) is 13.3 Å². The molecule has 1 saturated heterocycles. The third-order valence-electron chi connectivity index (χ3n) is 4.66. The SMILES string of the molecule is COc1ccc(OC(=O)[C@]2(C)CCN(c3ccccc3OC)C2)cc1. The molecular weight excluding hydrogens is 318 g/mol. The molecule has 5 heteroatoms. The highest BCUT2D eigenvalue weighted by atomic mass is 16.5. The molecule has 0 N–H and O–H groups in total. The molecule has 1 heterocycles. The number of carbonyl (C=O) groups excluding carboxylic acids is 1. The Kier molecular flexibility index (Phi) is 4.83. The molecule has 0 saturated carbocycles. The van der Waals surface area contributed by atoms with E-state index in [1.54, 1.807) is 38.5 Å². The van der Waals surface area contributed by atoms with Crippen LogP contribution in [0, 0.1) is 5.41 Å². The molecule has 1 aliphatic heterocycles. The summed E-state index contributed by atoms with van der Waals surface area (Å²) in [5.41, 5.74) is 0.451. The Bertz CT molecular complexity index is 744. The highest BCUT2D eigenvalue weighted by Crippen LogP contribution is 2.38. The van der Waals surface area contributed by atoms with Gasteiger partial charge in [0.1, 0.15) is 17.2 Å². The van der Waals surface area contributed by atoms with Gasteiger partial charge in [-0.3, -0.25) is 4.79 Å². The zero-order valence-electron chi connectivity index (χ0n) is 14.8. The van der Waals surface area contributed by atoms with Crippen LogP contribution in [0.4, 0.5) is 5.69 Å². The minimum atomic E-state index is -0.555. The van der Waals surface area contributed by atoms with Crippen molar-refractivity contribution in [2.45, 2.75) is 13.3 Å². The van der Waals surface area contributed by atoms with Gasteiger partial charge in [-0.1, -0.05) is 12.1 Å². The molecule has 132 valence electrons. The van der Waals surface area contributed by atoms with Gasteiger partial charge in [0.2, 0.25) is 0 Å². The number of anilines is 1. The van der Waals surface area contributed by atoms with Crippen molar-refractivity contribution in [2.75, 3.05) is 32.2 Å². The van der Waals surface area contributed by atoms with E-state index in [4.69, 9.17) is 14.2 Å². The van der Waals surface area contributed by atoms with Crippen molar-refractivity contribution >= 4 is 11.7 Å². The maximum atomic E-state index is 12.7. The first-order valence-electron chi connectivity index (χ1n) is 8.30. The fourth-order valence-corrected chi connectivity index (χ4v) is 3.10. The number of hydrogen-bond donors (Lipinski definition) is 0. The van der Waals surface area contributed by atoms with Crippen molar-refractivity contribution in [1.29, 1.82) is 0 Å². The van der Waals surface area contributed by atoms with Gasteiger partial charge < -0.3 is 19.1 Å². The van der Waals surface area contributed by atoms with Gasteiger partial charge >= 0.3 is 5.97 Å². The lowest BCUT2D eigenvalue weighted by Gasteiger charge is -2.25. The Morgan fingerprint density at radius 1 is 1.00 bits per heavy atom. The second-order valence-electron chi connectivity index (χ2n) is 6.47. The van der Waals surface area contributed by atoms with Gasteiger partial charge in [0.25, 0.3) is 0 Å². The standard InChI is InChI=1S/C20H23NO4/c1-20(19(22)25-16-10-8-15(23-2)9-11-16)12-13-21(14-20)17-6-4-5-7-18(17)24-3/h4-11H,12-14H2,1-3H3/t20-/m1/s1. The first-order chi connectivity index (χ1) is 12.1. The second-order valence-corrected chi connectivity index (χ2v) is 6.47. The molecule has 0 unspecified atom stereocenters. The van der Waals surface area contributed by atoms with Crippen LogP contribution >= 0.6 is 0 Å². The fraction of sp³-hybridized carbons (Fsp3) is 0.350. The topological polar surface area (TPSA) is 48.0 Å². The number of methoxy groups -OCH3 is 2. The van der Waals surface area contributed by atoms with Crippen LogP contribution < -0.4 is 19.1 Å².